The summed E-state index contributed by atoms with van der Waals surface area (Å²) in [4.78, 5) is 0.310. The van der Waals surface area contributed by atoms with E-state index in [1.54, 1.807) is 0 Å². The van der Waals surface area contributed by atoms with Gasteiger partial charge in [0.2, 0.25) is 0 Å². The predicted molar refractivity (Wildman–Crippen MR) is 80.0 cm³/mol. The zero-order valence-electron chi connectivity index (χ0n) is 10.6. The predicted octanol–water partition coefficient (Wildman–Crippen LogP) is 3.51. The van der Waals surface area contributed by atoms with Gasteiger partial charge in [-0.15, -0.1) is 0 Å². The molecule has 98 valence electrons. The van der Waals surface area contributed by atoms with Crippen LogP contribution in [0.15, 0.2) is 48.5 Å². The molecule has 0 fully saturated rings. The Morgan fingerprint density at radius 2 is 1.58 bits per heavy atom. The van der Waals surface area contributed by atoms with E-state index in [1.165, 1.54) is 0 Å². The van der Waals surface area contributed by atoms with Crippen LogP contribution < -0.4 is 15.2 Å². The van der Waals surface area contributed by atoms with E-state index in [9.17, 15) is 0 Å². The second kappa shape index (κ2) is 6.20. The Morgan fingerprint density at radius 3 is 2.21 bits per heavy atom. The van der Waals surface area contributed by atoms with Gasteiger partial charge in [0.25, 0.3) is 0 Å². The first-order valence-corrected chi connectivity index (χ1v) is 6.41. The first-order valence-electron chi connectivity index (χ1n) is 6.01. The lowest BCUT2D eigenvalue weighted by atomic mass is 10.2. The smallest absolute Gasteiger partial charge is 0.169 e. The summed E-state index contributed by atoms with van der Waals surface area (Å²) in [5.74, 6) is 1.97. The van der Waals surface area contributed by atoms with E-state index in [-0.39, 0.29) is 0 Å². The Kier molecular flexibility index (Phi) is 4.36. The fourth-order valence-electron chi connectivity index (χ4n) is 1.69. The molecule has 0 aliphatic carbocycles. The van der Waals surface area contributed by atoms with Gasteiger partial charge < -0.3 is 15.2 Å². The van der Waals surface area contributed by atoms with Gasteiger partial charge in [0.1, 0.15) is 10.7 Å². The number of hydrogen-bond donors (Lipinski definition) is 1. The quantitative estimate of drug-likeness (QED) is 0.847. The van der Waals surface area contributed by atoms with E-state index in [0.717, 1.165) is 0 Å². The molecular weight excluding hydrogens is 258 g/mol. The third kappa shape index (κ3) is 3.23. The van der Waals surface area contributed by atoms with Crippen LogP contribution in [0, 0.1) is 0 Å². The van der Waals surface area contributed by atoms with Crippen molar-refractivity contribution < 1.29 is 9.47 Å². The first kappa shape index (κ1) is 13.4. The molecule has 0 spiro atoms. The summed E-state index contributed by atoms with van der Waals surface area (Å²) in [5.41, 5.74) is 6.40. The van der Waals surface area contributed by atoms with Gasteiger partial charge in [0, 0.05) is 0 Å². The number of thiocarbonyl (C=S) groups is 1. The third-order valence-electron chi connectivity index (χ3n) is 2.52. The van der Waals surface area contributed by atoms with Gasteiger partial charge in [-0.25, -0.2) is 0 Å². The van der Waals surface area contributed by atoms with E-state index in [4.69, 9.17) is 27.4 Å². The second-order valence-corrected chi connectivity index (χ2v) is 4.28. The minimum Gasteiger partial charge on any atom is -0.490 e. The molecule has 0 unspecified atom stereocenters. The highest BCUT2D eigenvalue weighted by molar-refractivity contribution is 7.80. The van der Waals surface area contributed by atoms with Gasteiger partial charge in [-0.2, -0.15) is 0 Å². The number of para-hydroxylation sites is 3. The highest BCUT2D eigenvalue weighted by atomic mass is 32.1. The molecule has 2 N–H and O–H groups in total. The summed E-state index contributed by atoms with van der Waals surface area (Å²) in [6.07, 6.45) is 0. The van der Waals surface area contributed by atoms with Crippen molar-refractivity contribution in [2.24, 2.45) is 5.73 Å². The molecule has 2 rings (SSSR count). The van der Waals surface area contributed by atoms with Crippen molar-refractivity contribution in [2.45, 2.75) is 6.92 Å². The Hall–Kier alpha value is -2.07. The van der Waals surface area contributed by atoms with Crippen molar-refractivity contribution >= 4 is 17.2 Å². The van der Waals surface area contributed by atoms with Crippen molar-refractivity contribution in [2.75, 3.05) is 6.61 Å². The summed E-state index contributed by atoms with van der Waals surface area (Å²) in [6, 6.07) is 14.9. The molecule has 0 bridgehead atoms. The Morgan fingerprint density at radius 1 is 1.00 bits per heavy atom. The Balaban J connectivity index is 2.34. The molecule has 0 radical (unpaired) electrons. The third-order valence-corrected chi connectivity index (χ3v) is 2.74. The fraction of sp³-hybridized carbons (Fsp3) is 0.133. The molecule has 3 nitrogen and oxygen atoms in total. The lowest BCUT2D eigenvalue weighted by Crippen LogP contribution is -2.10. The summed E-state index contributed by atoms with van der Waals surface area (Å²) in [7, 11) is 0. The molecule has 0 saturated heterocycles. The van der Waals surface area contributed by atoms with Crippen molar-refractivity contribution in [1.29, 1.82) is 0 Å². The molecule has 0 atom stereocenters. The molecule has 0 saturated carbocycles. The van der Waals surface area contributed by atoms with Gasteiger partial charge in [0.15, 0.2) is 11.5 Å². The number of nitrogens with two attached hydrogens (primary N) is 1. The molecule has 4 heteroatoms. The van der Waals surface area contributed by atoms with E-state index in [1.807, 2.05) is 55.5 Å². The van der Waals surface area contributed by atoms with E-state index >= 15 is 0 Å². The molecule has 0 amide bonds. The topological polar surface area (TPSA) is 44.5 Å². The van der Waals surface area contributed by atoms with Gasteiger partial charge >= 0.3 is 0 Å². The largest absolute Gasteiger partial charge is 0.490 e. The lowest BCUT2D eigenvalue weighted by molar-refractivity contribution is 0.321. The average molecular weight is 273 g/mol. The van der Waals surface area contributed by atoms with Gasteiger partial charge in [-0.3, -0.25) is 0 Å². The van der Waals surface area contributed by atoms with Crippen LogP contribution in [0.2, 0.25) is 0 Å². The summed E-state index contributed by atoms with van der Waals surface area (Å²) >= 11 is 5.02. The summed E-state index contributed by atoms with van der Waals surface area (Å²) in [6.45, 7) is 2.51. The van der Waals surface area contributed by atoms with Crippen LogP contribution in [0.4, 0.5) is 0 Å². The van der Waals surface area contributed by atoms with Gasteiger partial charge in [0.05, 0.1) is 12.2 Å². The van der Waals surface area contributed by atoms with E-state index in [2.05, 4.69) is 0 Å². The maximum atomic E-state index is 5.86. The number of benzene rings is 2. The van der Waals surface area contributed by atoms with Crippen molar-refractivity contribution in [1.82, 2.24) is 0 Å². The molecule has 0 heterocycles. The standard InChI is InChI=1S/C15H15NO2S/c1-2-17-13-9-5-6-10-14(13)18-12-8-4-3-7-11(12)15(16)19/h3-10H,2H2,1H3,(H2,16,19). The van der Waals surface area contributed by atoms with Crippen molar-refractivity contribution in [3.05, 3.63) is 54.1 Å². The number of hydrogen-bond acceptors (Lipinski definition) is 3. The molecule has 0 aliphatic heterocycles. The van der Waals surface area contributed by atoms with E-state index in [0.29, 0.717) is 34.4 Å². The first-order chi connectivity index (χ1) is 9.22. The van der Waals surface area contributed by atoms with Crippen LogP contribution in [0.3, 0.4) is 0 Å². The zero-order valence-corrected chi connectivity index (χ0v) is 11.4. The minimum atomic E-state index is 0.310. The summed E-state index contributed by atoms with van der Waals surface area (Å²) in [5, 5.41) is 0. The highest BCUT2D eigenvalue weighted by Crippen LogP contribution is 2.32. The molecule has 2 aromatic rings. The fourth-order valence-corrected chi connectivity index (χ4v) is 1.86. The lowest BCUT2D eigenvalue weighted by Gasteiger charge is -2.13. The summed E-state index contributed by atoms with van der Waals surface area (Å²) < 4.78 is 11.4. The highest BCUT2D eigenvalue weighted by Gasteiger charge is 2.09. The molecule has 0 aromatic heterocycles. The molecule has 2 aromatic carbocycles. The normalized spacial score (nSPS) is 9.95. The molecule has 0 aliphatic rings. The monoisotopic (exact) mass is 273 g/mol. The van der Waals surface area contributed by atoms with Crippen molar-refractivity contribution in [3.8, 4) is 17.2 Å². The number of ether oxygens (including phenoxy) is 2. The zero-order chi connectivity index (χ0) is 13.7. The van der Waals surface area contributed by atoms with Crippen LogP contribution in [0.1, 0.15) is 12.5 Å². The molecular formula is C15H15NO2S. The van der Waals surface area contributed by atoms with E-state index < -0.39 is 0 Å². The maximum Gasteiger partial charge on any atom is 0.169 e. The van der Waals surface area contributed by atoms with Gasteiger partial charge in [-0.1, -0.05) is 36.5 Å². The van der Waals surface area contributed by atoms with Gasteiger partial charge in [-0.05, 0) is 31.2 Å². The second-order valence-electron chi connectivity index (χ2n) is 3.84. The number of rotatable bonds is 5. The van der Waals surface area contributed by atoms with Crippen LogP contribution in [0.5, 0.6) is 17.2 Å². The van der Waals surface area contributed by atoms with Crippen LogP contribution in [-0.2, 0) is 0 Å². The minimum absolute atomic E-state index is 0.310. The van der Waals surface area contributed by atoms with Crippen LogP contribution >= 0.6 is 12.2 Å². The Bertz CT molecular complexity index is 584. The van der Waals surface area contributed by atoms with Crippen LogP contribution in [0.25, 0.3) is 0 Å². The van der Waals surface area contributed by atoms with Crippen molar-refractivity contribution in [3.63, 3.8) is 0 Å². The Labute approximate surface area is 118 Å². The maximum absolute atomic E-state index is 5.86. The SMILES string of the molecule is CCOc1ccccc1Oc1ccccc1C(N)=S. The average Bonchev–Trinajstić information content (AvgIpc) is 2.42. The van der Waals surface area contributed by atoms with Crippen LogP contribution in [-0.4, -0.2) is 11.6 Å². The molecule has 19 heavy (non-hydrogen) atoms.